The molecule has 2 aliphatic heterocycles. The maximum absolute atomic E-state index is 15.1. The lowest BCUT2D eigenvalue weighted by Gasteiger charge is -2.61. The summed E-state index contributed by atoms with van der Waals surface area (Å²) in [5.41, 5.74) is 1.61. The van der Waals surface area contributed by atoms with Crippen molar-refractivity contribution in [3.05, 3.63) is 35.5 Å². The summed E-state index contributed by atoms with van der Waals surface area (Å²) in [6, 6.07) is 6.17. The number of benzene rings is 1. The first-order chi connectivity index (χ1) is 13.8. The number of piperidine rings is 2. The average Bonchev–Trinajstić information content (AvgIpc) is 3.36. The standard InChI is InChI=1S/C24H29FN2O2/c1-14(19-12-26-20-4-2-3-18(22(19)20)15-5-6-15)7-21(28)27-16-8-23(25)9-17(27)11-24(29,10-16)13-23/h2-4,12,14-17,26,29H,5-11,13H2,1H3. The number of halogens is 1. The summed E-state index contributed by atoms with van der Waals surface area (Å²) in [5.74, 6) is 0.887. The van der Waals surface area contributed by atoms with Crippen LogP contribution in [0.1, 0.15) is 81.3 Å². The van der Waals surface area contributed by atoms with Gasteiger partial charge in [-0.2, -0.15) is 0 Å². The molecule has 3 atom stereocenters. The molecule has 1 amide bonds. The van der Waals surface area contributed by atoms with Crippen molar-refractivity contribution in [2.24, 2.45) is 0 Å². The SMILES string of the molecule is CC(CC(=O)N1C2CC3(O)CC1CC(F)(C2)C3)c1c[nH]c2cccc(C3CC3)c12. The molecule has 4 nitrogen and oxygen atoms in total. The van der Waals surface area contributed by atoms with Gasteiger partial charge in [0.05, 0.1) is 5.60 Å². The fourth-order valence-corrected chi connectivity index (χ4v) is 6.85. The molecule has 3 heterocycles. The zero-order chi connectivity index (χ0) is 20.0. The second-order valence-corrected chi connectivity index (χ2v) is 10.4. The summed E-state index contributed by atoms with van der Waals surface area (Å²) >= 11 is 0. The van der Waals surface area contributed by atoms with Gasteiger partial charge in [-0.1, -0.05) is 19.1 Å². The Balaban J connectivity index is 1.26. The maximum Gasteiger partial charge on any atom is 0.223 e. The molecular weight excluding hydrogens is 367 g/mol. The molecule has 154 valence electrons. The topological polar surface area (TPSA) is 56.3 Å². The largest absolute Gasteiger partial charge is 0.390 e. The molecule has 5 aliphatic rings. The minimum Gasteiger partial charge on any atom is -0.390 e. The van der Waals surface area contributed by atoms with Crippen LogP contribution < -0.4 is 0 Å². The van der Waals surface area contributed by atoms with Gasteiger partial charge in [0.15, 0.2) is 0 Å². The summed E-state index contributed by atoms with van der Waals surface area (Å²) in [4.78, 5) is 18.7. The van der Waals surface area contributed by atoms with E-state index in [4.69, 9.17) is 0 Å². The lowest BCUT2D eigenvalue weighted by molar-refractivity contribution is -0.200. The first-order valence-corrected chi connectivity index (χ1v) is 11.2. The zero-order valence-corrected chi connectivity index (χ0v) is 17.0. The molecule has 0 spiro atoms. The number of nitrogens with one attached hydrogen (secondary N) is 1. The highest BCUT2D eigenvalue weighted by Crippen LogP contribution is 2.55. The van der Waals surface area contributed by atoms with Crippen LogP contribution in [0.2, 0.25) is 0 Å². The van der Waals surface area contributed by atoms with E-state index in [1.807, 2.05) is 4.90 Å². The summed E-state index contributed by atoms with van der Waals surface area (Å²) in [6.45, 7) is 2.13. The van der Waals surface area contributed by atoms with Crippen molar-refractivity contribution in [1.82, 2.24) is 9.88 Å². The molecule has 2 saturated heterocycles. The smallest absolute Gasteiger partial charge is 0.223 e. The van der Waals surface area contributed by atoms with E-state index in [0.29, 0.717) is 38.0 Å². The van der Waals surface area contributed by atoms with Gasteiger partial charge in [0.2, 0.25) is 5.91 Å². The van der Waals surface area contributed by atoms with E-state index >= 15 is 4.39 Å². The molecule has 7 rings (SSSR count). The lowest BCUT2D eigenvalue weighted by atomic mass is 9.59. The van der Waals surface area contributed by atoms with E-state index in [9.17, 15) is 9.90 Å². The number of hydrogen-bond acceptors (Lipinski definition) is 2. The van der Waals surface area contributed by atoms with Crippen LogP contribution >= 0.6 is 0 Å². The van der Waals surface area contributed by atoms with Crippen LogP contribution in [0, 0.1) is 0 Å². The van der Waals surface area contributed by atoms with Crippen molar-refractivity contribution in [3.8, 4) is 0 Å². The summed E-state index contributed by atoms with van der Waals surface area (Å²) < 4.78 is 15.1. The average molecular weight is 397 g/mol. The van der Waals surface area contributed by atoms with Gasteiger partial charge in [-0.15, -0.1) is 0 Å². The molecule has 2 aromatic rings. The van der Waals surface area contributed by atoms with Gasteiger partial charge in [0, 0.05) is 54.9 Å². The first kappa shape index (κ1) is 17.9. The molecule has 4 bridgehead atoms. The Morgan fingerprint density at radius 2 is 2.00 bits per heavy atom. The maximum atomic E-state index is 15.1. The number of hydrogen-bond donors (Lipinski definition) is 2. The molecule has 29 heavy (non-hydrogen) atoms. The number of aromatic nitrogens is 1. The molecule has 1 aromatic carbocycles. The minimum atomic E-state index is -1.28. The van der Waals surface area contributed by atoms with Crippen molar-refractivity contribution in [1.29, 1.82) is 0 Å². The van der Waals surface area contributed by atoms with Gasteiger partial charge < -0.3 is 15.0 Å². The van der Waals surface area contributed by atoms with Gasteiger partial charge in [0.1, 0.15) is 5.67 Å². The van der Waals surface area contributed by atoms with Crippen LogP contribution in [-0.2, 0) is 4.79 Å². The number of alkyl halides is 1. The Kier molecular flexibility index (Phi) is 3.61. The monoisotopic (exact) mass is 396 g/mol. The summed E-state index contributed by atoms with van der Waals surface area (Å²) in [5, 5.41) is 12.0. The second-order valence-electron chi connectivity index (χ2n) is 10.4. The number of aromatic amines is 1. The van der Waals surface area contributed by atoms with Crippen molar-refractivity contribution < 1.29 is 14.3 Å². The quantitative estimate of drug-likeness (QED) is 0.797. The summed E-state index contributed by atoms with van der Waals surface area (Å²) in [7, 11) is 0. The number of nitrogens with zero attached hydrogens (tertiary/aromatic N) is 1. The highest BCUT2D eigenvalue weighted by Gasteiger charge is 2.61. The highest BCUT2D eigenvalue weighted by molar-refractivity contribution is 5.89. The number of carbonyl (C=O) groups is 1. The molecule has 5 heteroatoms. The van der Waals surface area contributed by atoms with Crippen molar-refractivity contribution in [2.45, 2.75) is 93.5 Å². The van der Waals surface area contributed by atoms with Crippen molar-refractivity contribution in [2.75, 3.05) is 0 Å². The normalized spacial score (nSPS) is 36.7. The molecule has 3 aliphatic carbocycles. The first-order valence-electron chi connectivity index (χ1n) is 11.2. The van der Waals surface area contributed by atoms with Crippen LogP contribution in [0.4, 0.5) is 4.39 Å². The Labute approximate surface area is 170 Å². The number of fused-ring (bicyclic) bond motifs is 1. The molecular formula is C24H29FN2O2. The third kappa shape index (κ3) is 2.77. The fourth-order valence-electron chi connectivity index (χ4n) is 6.85. The van der Waals surface area contributed by atoms with E-state index in [2.05, 4.69) is 36.3 Å². The van der Waals surface area contributed by atoms with Gasteiger partial charge in [-0.3, -0.25) is 4.79 Å². The number of carbonyl (C=O) groups excluding carboxylic acids is 1. The van der Waals surface area contributed by atoms with Crippen LogP contribution in [-0.4, -0.2) is 44.3 Å². The Morgan fingerprint density at radius 3 is 2.66 bits per heavy atom. The van der Waals surface area contributed by atoms with Crippen LogP contribution in [0.3, 0.4) is 0 Å². The van der Waals surface area contributed by atoms with Crippen molar-refractivity contribution in [3.63, 3.8) is 0 Å². The summed E-state index contributed by atoms with van der Waals surface area (Å²) in [6.07, 6.45) is 7.13. The van der Waals surface area contributed by atoms with Crippen LogP contribution in [0.15, 0.2) is 24.4 Å². The predicted molar refractivity (Wildman–Crippen MR) is 110 cm³/mol. The lowest BCUT2D eigenvalue weighted by Crippen LogP contribution is -2.70. The molecule has 3 unspecified atom stereocenters. The van der Waals surface area contributed by atoms with Gasteiger partial charge in [0.25, 0.3) is 0 Å². The number of H-pyrrole nitrogens is 1. The van der Waals surface area contributed by atoms with E-state index in [1.54, 1.807) is 0 Å². The number of aliphatic hydroxyl groups is 1. The van der Waals surface area contributed by atoms with E-state index in [-0.39, 0.29) is 30.3 Å². The fraction of sp³-hybridized carbons (Fsp3) is 0.625. The second kappa shape index (κ2) is 5.84. The van der Waals surface area contributed by atoms with Gasteiger partial charge >= 0.3 is 0 Å². The molecule has 2 N–H and O–H groups in total. The van der Waals surface area contributed by atoms with E-state index in [0.717, 1.165) is 5.52 Å². The molecule has 3 saturated carbocycles. The van der Waals surface area contributed by atoms with E-state index < -0.39 is 11.3 Å². The molecule has 5 fully saturated rings. The minimum absolute atomic E-state index is 0.107. The number of amides is 1. The third-order valence-electron chi connectivity index (χ3n) is 7.95. The Bertz CT molecular complexity index is 958. The Hall–Kier alpha value is -1.88. The van der Waals surface area contributed by atoms with Crippen LogP contribution in [0.25, 0.3) is 10.9 Å². The van der Waals surface area contributed by atoms with Crippen molar-refractivity contribution >= 4 is 16.8 Å². The molecule has 0 radical (unpaired) electrons. The van der Waals surface area contributed by atoms with Crippen LogP contribution in [0.5, 0.6) is 0 Å². The highest BCUT2D eigenvalue weighted by atomic mass is 19.1. The predicted octanol–water partition coefficient (Wildman–Crippen LogP) is 4.54. The van der Waals surface area contributed by atoms with Gasteiger partial charge in [-0.25, -0.2) is 4.39 Å². The Morgan fingerprint density at radius 1 is 1.28 bits per heavy atom. The molecule has 1 aromatic heterocycles. The third-order valence-corrected chi connectivity index (χ3v) is 7.95. The van der Waals surface area contributed by atoms with E-state index in [1.165, 1.54) is 29.4 Å². The number of rotatable bonds is 4. The van der Waals surface area contributed by atoms with Gasteiger partial charge in [-0.05, 0) is 54.7 Å². The zero-order valence-electron chi connectivity index (χ0n) is 17.0.